The molecule has 0 radical (unpaired) electrons. The molecule has 3 aromatic carbocycles. The smallest absolute Gasteiger partial charge is 0.267 e. The zero-order valence-electron chi connectivity index (χ0n) is 19.0. The molecule has 0 aliphatic heterocycles. The van der Waals surface area contributed by atoms with E-state index in [1.807, 2.05) is 74.5 Å². The van der Waals surface area contributed by atoms with Gasteiger partial charge in [0.1, 0.15) is 9.71 Å². The average molecular weight is 518 g/mol. The van der Waals surface area contributed by atoms with Crippen LogP contribution in [0, 0.1) is 13.8 Å². The van der Waals surface area contributed by atoms with E-state index in [4.69, 9.17) is 33.9 Å². The largest absolute Gasteiger partial charge is 0.397 e. The molecule has 0 aliphatic carbocycles. The number of benzene rings is 3. The van der Waals surface area contributed by atoms with E-state index >= 15 is 0 Å². The van der Waals surface area contributed by atoms with Crippen molar-refractivity contribution in [2.45, 2.75) is 13.8 Å². The number of rotatable bonds is 4. The van der Waals surface area contributed by atoms with Gasteiger partial charge in [-0.05, 0) is 49.2 Å². The number of anilines is 2. The molecule has 2 heterocycles. The van der Waals surface area contributed by atoms with Crippen LogP contribution in [-0.2, 0) is 0 Å². The van der Waals surface area contributed by atoms with Gasteiger partial charge in [-0.2, -0.15) is 0 Å². The quantitative estimate of drug-likeness (QED) is 0.251. The zero-order chi connectivity index (χ0) is 24.7. The Bertz CT molecular complexity index is 1590. The van der Waals surface area contributed by atoms with Gasteiger partial charge in [0, 0.05) is 32.2 Å². The maximum Gasteiger partial charge on any atom is 0.267 e. The van der Waals surface area contributed by atoms with Crippen molar-refractivity contribution in [3.8, 4) is 22.4 Å². The lowest BCUT2D eigenvalue weighted by Gasteiger charge is -2.11. The van der Waals surface area contributed by atoms with Crippen LogP contribution in [0.4, 0.5) is 11.4 Å². The van der Waals surface area contributed by atoms with Crippen molar-refractivity contribution >= 4 is 62.0 Å². The molecule has 0 saturated carbocycles. The number of thiophene rings is 1. The lowest BCUT2D eigenvalue weighted by atomic mass is 9.99. The fraction of sp³-hybridized carbons (Fsp3) is 0.0714. The summed E-state index contributed by atoms with van der Waals surface area (Å²) < 4.78 is 0. The highest BCUT2D eigenvalue weighted by Gasteiger charge is 2.23. The molecule has 0 saturated heterocycles. The maximum absolute atomic E-state index is 13.3. The molecule has 1 amide bonds. The fourth-order valence-electron chi connectivity index (χ4n) is 3.96. The minimum Gasteiger partial charge on any atom is -0.397 e. The van der Waals surface area contributed by atoms with Gasteiger partial charge in [-0.3, -0.25) is 4.79 Å². The first kappa shape index (κ1) is 23.4. The monoisotopic (exact) mass is 517 g/mol. The summed E-state index contributed by atoms with van der Waals surface area (Å²) in [4.78, 5) is 19.2. The summed E-state index contributed by atoms with van der Waals surface area (Å²) in [6.45, 7) is 3.95. The minimum absolute atomic E-state index is 0.308. The molecule has 4 nitrogen and oxygen atoms in total. The van der Waals surface area contributed by atoms with Crippen LogP contribution < -0.4 is 11.1 Å². The van der Waals surface area contributed by atoms with Gasteiger partial charge in [-0.15, -0.1) is 11.3 Å². The van der Waals surface area contributed by atoms with E-state index in [1.54, 1.807) is 12.1 Å². The molecule has 0 spiro atoms. The summed E-state index contributed by atoms with van der Waals surface area (Å²) in [7, 11) is 0. The lowest BCUT2D eigenvalue weighted by Crippen LogP contribution is -2.12. The summed E-state index contributed by atoms with van der Waals surface area (Å²) in [6, 6.07) is 23.1. The van der Waals surface area contributed by atoms with Gasteiger partial charge < -0.3 is 11.1 Å². The highest BCUT2D eigenvalue weighted by atomic mass is 35.5. The Morgan fingerprint density at radius 3 is 2.43 bits per heavy atom. The van der Waals surface area contributed by atoms with Gasteiger partial charge in [-0.25, -0.2) is 4.98 Å². The number of hydrogen-bond donors (Lipinski definition) is 2. The van der Waals surface area contributed by atoms with Crippen molar-refractivity contribution in [3.05, 3.63) is 98.8 Å². The summed E-state index contributed by atoms with van der Waals surface area (Å²) in [5.74, 6) is -0.308. The molecular weight excluding hydrogens is 497 g/mol. The van der Waals surface area contributed by atoms with Crippen molar-refractivity contribution < 1.29 is 4.79 Å². The van der Waals surface area contributed by atoms with Gasteiger partial charge in [0.05, 0.1) is 11.4 Å². The molecule has 0 unspecified atom stereocenters. The highest BCUT2D eigenvalue weighted by Crippen LogP contribution is 2.43. The molecule has 0 aliphatic rings. The Labute approximate surface area is 217 Å². The number of nitrogens with one attached hydrogen (secondary N) is 1. The van der Waals surface area contributed by atoms with Crippen LogP contribution in [0.15, 0.2) is 72.8 Å². The van der Waals surface area contributed by atoms with Crippen LogP contribution in [0.25, 0.3) is 32.6 Å². The van der Waals surface area contributed by atoms with Gasteiger partial charge in [0.15, 0.2) is 0 Å². The van der Waals surface area contributed by atoms with Crippen molar-refractivity contribution in [3.63, 3.8) is 0 Å². The maximum atomic E-state index is 13.3. The van der Waals surface area contributed by atoms with Crippen molar-refractivity contribution in [1.29, 1.82) is 0 Å². The zero-order valence-corrected chi connectivity index (χ0v) is 21.4. The van der Waals surface area contributed by atoms with E-state index in [-0.39, 0.29) is 5.91 Å². The molecule has 0 bridgehead atoms. The van der Waals surface area contributed by atoms with Gasteiger partial charge in [0.2, 0.25) is 0 Å². The van der Waals surface area contributed by atoms with Crippen LogP contribution >= 0.6 is 34.5 Å². The molecule has 5 aromatic rings. The highest BCUT2D eigenvalue weighted by molar-refractivity contribution is 7.21. The molecule has 5 rings (SSSR count). The number of aromatic nitrogens is 1. The van der Waals surface area contributed by atoms with Crippen LogP contribution in [0.5, 0.6) is 0 Å². The SMILES string of the molecule is Cc1ccc(-c2cc(-c3ccccc3Cl)c3c(N)c(C(=O)Nc4cc(Cl)ccc4C)sc3n2)cc1. The fourth-order valence-corrected chi connectivity index (χ4v) is 5.39. The predicted octanol–water partition coefficient (Wildman–Crippen LogP) is 8.39. The number of halogens is 2. The second kappa shape index (κ2) is 9.34. The third-order valence-corrected chi connectivity index (χ3v) is 7.53. The third-order valence-electron chi connectivity index (χ3n) is 5.86. The number of pyridine rings is 1. The van der Waals surface area contributed by atoms with Crippen LogP contribution in [0.2, 0.25) is 10.0 Å². The summed E-state index contributed by atoms with van der Waals surface area (Å²) in [5, 5.41) is 4.80. The van der Waals surface area contributed by atoms with Crippen LogP contribution in [0.3, 0.4) is 0 Å². The number of fused-ring (bicyclic) bond motifs is 1. The topological polar surface area (TPSA) is 68.0 Å². The number of aryl methyl sites for hydroxylation is 2. The standard InChI is InChI=1S/C28H21Cl2N3OS/c1-15-7-10-17(11-8-15)23-14-20(19-5-3-4-6-21(19)30)24-25(31)26(35-28(24)33-23)27(34)32-22-13-18(29)12-9-16(22)2/h3-14H,31H2,1-2H3,(H,32,34). The van der Waals surface area contributed by atoms with Crippen LogP contribution in [-0.4, -0.2) is 10.9 Å². The number of hydrogen-bond acceptors (Lipinski definition) is 4. The molecular formula is C28H21Cl2N3OS. The second-order valence-electron chi connectivity index (χ2n) is 8.34. The molecule has 7 heteroatoms. The Morgan fingerprint density at radius 2 is 1.69 bits per heavy atom. The first-order valence-corrected chi connectivity index (χ1v) is 12.5. The number of nitrogen functional groups attached to an aromatic ring is 1. The Hall–Kier alpha value is -3.38. The predicted molar refractivity (Wildman–Crippen MR) is 149 cm³/mol. The van der Waals surface area contributed by atoms with E-state index < -0.39 is 0 Å². The van der Waals surface area contributed by atoms with Gasteiger partial charge in [0.25, 0.3) is 5.91 Å². The van der Waals surface area contributed by atoms with E-state index in [2.05, 4.69) is 5.32 Å². The Morgan fingerprint density at radius 1 is 0.943 bits per heavy atom. The lowest BCUT2D eigenvalue weighted by molar-refractivity contribution is 0.103. The number of amides is 1. The third kappa shape index (κ3) is 4.50. The molecule has 174 valence electrons. The summed E-state index contributed by atoms with van der Waals surface area (Å²) >= 11 is 14.0. The Kier molecular flexibility index (Phi) is 6.24. The summed E-state index contributed by atoms with van der Waals surface area (Å²) in [5.41, 5.74) is 13.1. The first-order valence-electron chi connectivity index (χ1n) is 10.9. The van der Waals surface area contributed by atoms with Gasteiger partial charge in [-0.1, -0.05) is 77.3 Å². The second-order valence-corrected chi connectivity index (χ2v) is 10.2. The van der Waals surface area contributed by atoms with Crippen molar-refractivity contribution in [2.75, 3.05) is 11.1 Å². The molecule has 3 N–H and O–H groups in total. The number of nitrogens with two attached hydrogens (primary N) is 1. The number of carbonyl (C=O) groups excluding carboxylic acids is 1. The van der Waals surface area contributed by atoms with E-state index in [0.717, 1.165) is 33.5 Å². The van der Waals surface area contributed by atoms with E-state index in [9.17, 15) is 4.79 Å². The molecule has 2 aromatic heterocycles. The number of carbonyl (C=O) groups is 1. The summed E-state index contributed by atoms with van der Waals surface area (Å²) in [6.07, 6.45) is 0. The van der Waals surface area contributed by atoms with Crippen molar-refractivity contribution in [2.24, 2.45) is 0 Å². The molecule has 0 atom stereocenters. The Balaban J connectivity index is 1.69. The van der Waals surface area contributed by atoms with Gasteiger partial charge >= 0.3 is 0 Å². The molecule has 0 fully saturated rings. The van der Waals surface area contributed by atoms with E-state index in [1.165, 1.54) is 11.3 Å². The average Bonchev–Trinajstić information content (AvgIpc) is 3.18. The normalized spacial score (nSPS) is 11.1. The van der Waals surface area contributed by atoms with Crippen LogP contribution in [0.1, 0.15) is 20.8 Å². The van der Waals surface area contributed by atoms with E-state index in [0.29, 0.717) is 36.5 Å². The first-order chi connectivity index (χ1) is 16.8. The van der Waals surface area contributed by atoms with Crippen molar-refractivity contribution in [1.82, 2.24) is 4.98 Å². The minimum atomic E-state index is -0.308. The molecule has 35 heavy (non-hydrogen) atoms. The number of nitrogens with zero attached hydrogens (tertiary/aromatic N) is 1.